The predicted molar refractivity (Wildman–Crippen MR) is 105 cm³/mol. The number of nitrogens with zero attached hydrogens (tertiary/aromatic N) is 2. The molecule has 0 unspecified atom stereocenters. The normalized spacial score (nSPS) is 24.0. The van der Waals surface area contributed by atoms with Crippen LogP contribution in [0.4, 0.5) is 0 Å². The second-order valence-electron chi connectivity index (χ2n) is 7.91. The van der Waals surface area contributed by atoms with Crippen LogP contribution in [0.2, 0.25) is 0 Å². The third-order valence-electron chi connectivity index (χ3n) is 5.89. The summed E-state index contributed by atoms with van der Waals surface area (Å²) in [6.07, 6.45) is 3.22. The quantitative estimate of drug-likeness (QED) is 0.856. The van der Waals surface area contributed by atoms with E-state index in [-0.39, 0.29) is 30.3 Å². The van der Waals surface area contributed by atoms with Gasteiger partial charge in [0.15, 0.2) is 0 Å². The first kappa shape index (κ1) is 20.2. The van der Waals surface area contributed by atoms with Gasteiger partial charge in [0.05, 0.1) is 13.1 Å². The minimum Gasteiger partial charge on any atom is -0.485 e. The number of benzene rings is 1. The second-order valence-corrected chi connectivity index (χ2v) is 7.91. The Morgan fingerprint density at radius 3 is 2.54 bits per heavy atom. The first-order valence-electron chi connectivity index (χ1n) is 9.82. The van der Waals surface area contributed by atoms with E-state index in [1.54, 1.807) is 16.7 Å². The number of para-hydroxylation sites is 1. The Labute approximate surface area is 166 Å². The molecule has 1 spiro atoms. The molecule has 0 radical (unpaired) electrons. The fourth-order valence-electron chi connectivity index (χ4n) is 4.13. The number of hydrogen-bond donors (Lipinski definition) is 1. The summed E-state index contributed by atoms with van der Waals surface area (Å²) >= 11 is 0. The summed E-state index contributed by atoms with van der Waals surface area (Å²) in [5.74, 6) is 0.552. The first-order valence-corrected chi connectivity index (χ1v) is 9.82. The van der Waals surface area contributed by atoms with Crippen molar-refractivity contribution in [3.05, 3.63) is 29.8 Å². The minimum atomic E-state index is -0.466. The Bertz CT molecular complexity index is 756. The van der Waals surface area contributed by atoms with Gasteiger partial charge >= 0.3 is 0 Å². The van der Waals surface area contributed by atoms with E-state index in [9.17, 15) is 14.4 Å². The number of rotatable bonds is 3. The van der Waals surface area contributed by atoms with Crippen molar-refractivity contribution in [1.29, 1.82) is 0 Å². The molecule has 1 aromatic carbocycles. The van der Waals surface area contributed by atoms with Crippen molar-refractivity contribution in [2.24, 2.45) is 0 Å². The van der Waals surface area contributed by atoms with Gasteiger partial charge in [-0.15, -0.1) is 0 Å². The highest BCUT2D eigenvalue weighted by Crippen LogP contribution is 2.39. The summed E-state index contributed by atoms with van der Waals surface area (Å²) < 4.78 is 6.50. The van der Waals surface area contributed by atoms with Crippen molar-refractivity contribution in [2.45, 2.75) is 57.7 Å². The van der Waals surface area contributed by atoms with Gasteiger partial charge in [-0.25, -0.2) is 0 Å². The maximum atomic E-state index is 12.8. The van der Waals surface area contributed by atoms with Gasteiger partial charge < -0.3 is 19.9 Å². The van der Waals surface area contributed by atoms with Gasteiger partial charge in [0.2, 0.25) is 17.7 Å². The monoisotopic (exact) mass is 387 g/mol. The molecule has 28 heavy (non-hydrogen) atoms. The highest BCUT2D eigenvalue weighted by molar-refractivity contribution is 5.83. The van der Waals surface area contributed by atoms with Crippen LogP contribution >= 0.6 is 0 Å². The molecule has 1 heterocycles. The lowest BCUT2D eigenvalue weighted by Crippen LogP contribution is -2.53. The van der Waals surface area contributed by atoms with E-state index < -0.39 is 5.60 Å². The molecule has 1 N–H and O–H groups in total. The molecule has 1 aromatic rings. The Morgan fingerprint density at radius 2 is 1.89 bits per heavy atom. The zero-order valence-electron chi connectivity index (χ0n) is 16.9. The second kappa shape index (κ2) is 8.20. The first-order chi connectivity index (χ1) is 13.3. The maximum Gasteiger partial charge on any atom is 0.242 e. The largest absolute Gasteiger partial charge is 0.485 e. The Balaban J connectivity index is 1.80. The molecule has 152 valence electrons. The van der Waals surface area contributed by atoms with E-state index in [0.717, 1.165) is 37.0 Å². The van der Waals surface area contributed by atoms with Gasteiger partial charge in [0.25, 0.3) is 0 Å². The van der Waals surface area contributed by atoms with Crippen molar-refractivity contribution in [2.75, 3.05) is 20.1 Å². The molecule has 0 bridgehead atoms. The van der Waals surface area contributed by atoms with E-state index in [0.29, 0.717) is 13.1 Å². The van der Waals surface area contributed by atoms with E-state index in [1.807, 2.05) is 31.3 Å². The number of amides is 3. The van der Waals surface area contributed by atoms with Crippen molar-refractivity contribution >= 4 is 17.7 Å². The zero-order valence-corrected chi connectivity index (χ0v) is 16.9. The summed E-state index contributed by atoms with van der Waals surface area (Å²) in [6.45, 7) is 3.93. The van der Waals surface area contributed by atoms with Crippen LogP contribution in [0, 0.1) is 0 Å². The third-order valence-corrected chi connectivity index (χ3v) is 5.89. The summed E-state index contributed by atoms with van der Waals surface area (Å²) in [5.41, 5.74) is 0.505. The van der Waals surface area contributed by atoms with Gasteiger partial charge in [0, 0.05) is 39.0 Å². The van der Waals surface area contributed by atoms with Gasteiger partial charge in [-0.1, -0.05) is 18.2 Å². The Kier molecular flexibility index (Phi) is 5.91. The average molecular weight is 387 g/mol. The molecular weight excluding hydrogens is 358 g/mol. The van der Waals surface area contributed by atoms with Crippen LogP contribution in [0.5, 0.6) is 5.75 Å². The number of carbonyl (C=O) groups excluding carboxylic acids is 3. The molecule has 3 amide bonds. The maximum absolute atomic E-state index is 12.8. The number of hydrogen-bond acceptors (Lipinski definition) is 4. The van der Waals surface area contributed by atoms with E-state index in [2.05, 4.69) is 5.32 Å². The molecule has 0 atom stereocenters. The lowest BCUT2D eigenvalue weighted by atomic mass is 9.81. The van der Waals surface area contributed by atoms with Crippen LogP contribution in [0.15, 0.2) is 24.3 Å². The van der Waals surface area contributed by atoms with Crippen LogP contribution in [-0.2, 0) is 20.9 Å². The highest BCUT2D eigenvalue weighted by Gasteiger charge is 2.43. The predicted octanol–water partition coefficient (Wildman–Crippen LogP) is 1.70. The number of ether oxygens (including phenoxy) is 1. The molecule has 1 aliphatic carbocycles. The average Bonchev–Trinajstić information content (AvgIpc) is 2.82. The summed E-state index contributed by atoms with van der Waals surface area (Å²) in [7, 11) is 1.84. The van der Waals surface area contributed by atoms with E-state index in [1.165, 1.54) is 6.92 Å². The lowest BCUT2D eigenvalue weighted by Gasteiger charge is -2.43. The molecule has 0 saturated heterocycles. The van der Waals surface area contributed by atoms with Crippen LogP contribution in [0.1, 0.15) is 45.1 Å². The van der Waals surface area contributed by atoms with Crippen LogP contribution in [0.3, 0.4) is 0 Å². The molecule has 1 fully saturated rings. The highest BCUT2D eigenvalue weighted by atomic mass is 16.5. The van der Waals surface area contributed by atoms with Crippen LogP contribution in [-0.4, -0.2) is 59.3 Å². The number of carbonyl (C=O) groups is 3. The molecule has 7 nitrogen and oxygen atoms in total. The number of fused-ring (bicyclic) bond motifs is 1. The van der Waals surface area contributed by atoms with Crippen molar-refractivity contribution < 1.29 is 19.1 Å². The van der Waals surface area contributed by atoms with E-state index >= 15 is 0 Å². The van der Waals surface area contributed by atoms with Gasteiger partial charge in [0.1, 0.15) is 11.4 Å². The van der Waals surface area contributed by atoms with Crippen molar-refractivity contribution in [3.63, 3.8) is 0 Å². The van der Waals surface area contributed by atoms with Crippen molar-refractivity contribution in [1.82, 2.24) is 15.1 Å². The fraction of sp³-hybridized carbons (Fsp3) is 0.571. The SMILES string of the molecule is CC(=O)NCC(=O)N1Cc2ccccc2OC2(CCC(N(C)C(C)=O)CC2)C1. The van der Waals surface area contributed by atoms with E-state index in [4.69, 9.17) is 4.74 Å². The zero-order chi connectivity index (χ0) is 20.3. The van der Waals surface area contributed by atoms with Crippen LogP contribution < -0.4 is 10.1 Å². The smallest absolute Gasteiger partial charge is 0.242 e. The molecule has 2 aliphatic rings. The van der Waals surface area contributed by atoms with Gasteiger partial charge in [-0.05, 0) is 31.7 Å². The molecule has 1 saturated carbocycles. The molecule has 3 rings (SSSR count). The van der Waals surface area contributed by atoms with Gasteiger partial charge in [-0.3, -0.25) is 14.4 Å². The third kappa shape index (κ3) is 4.46. The van der Waals surface area contributed by atoms with Crippen molar-refractivity contribution in [3.8, 4) is 5.75 Å². The molecule has 7 heteroatoms. The molecule has 0 aromatic heterocycles. The fourth-order valence-corrected chi connectivity index (χ4v) is 4.13. The van der Waals surface area contributed by atoms with Gasteiger partial charge in [-0.2, -0.15) is 0 Å². The summed E-state index contributed by atoms with van der Waals surface area (Å²) in [5, 5.41) is 2.60. The lowest BCUT2D eigenvalue weighted by molar-refractivity contribution is -0.136. The Morgan fingerprint density at radius 1 is 1.21 bits per heavy atom. The molecular formula is C21H29N3O4. The van der Waals surface area contributed by atoms with Crippen LogP contribution in [0.25, 0.3) is 0 Å². The summed E-state index contributed by atoms with van der Waals surface area (Å²) in [6, 6.07) is 8.01. The Hall–Kier alpha value is -2.57. The summed E-state index contributed by atoms with van der Waals surface area (Å²) in [4.78, 5) is 39.3. The topological polar surface area (TPSA) is 79.0 Å². The molecule has 1 aliphatic heterocycles. The standard InChI is InChI=1S/C21H29N3O4/c1-15(25)22-12-20(27)24-13-17-6-4-5-7-19(17)28-21(14-24)10-8-18(9-11-21)23(3)16(2)26/h4-7,18H,8-14H2,1-3H3,(H,22,25). The minimum absolute atomic E-state index is 0.0106. The number of nitrogens with one attached hydrogen (secondary N) is 1.